The summed E-state index contributed by atoms with van der Waals surface area (Å²) >= 11 is 3.50. The number of benzene rings is 1. The monoisotopic (exact) mass is 453 g/mol. The van der Waals surface area contributed by atoms with Gasteiger partial charge in [-0.15, -0.1) is 0 Å². The molecule has 3 atom stereocenters. The number of halogens is 1. The van der Waals surface area contributed by atoms with Crippen LogP contribution in [0.1, 0.15) is 56.5 Å². The molecule has 29 heavy (non-hydrogen) atoms. The van der Waals surface area contributed by atoms with Gasteiger partial charge in [-0.3, -0.25) is 0 Å². The minimum atomic E-state index is -0.0815. The third-order valence-electron chi connectivity index (χ3n) is 5.44. The Kier molecular flexibility index (Phi) is 5.84. The van der Waals surface area contributed by atoms with Crippen LogP contribution in [0.2, 0.25) is 0 Å². The van der Waals surface area contributed by atoms with Gasteiger partial charge in [0.15, 0.2) is 11.9 Å². The lowest BCUT2D eigenvalue weighted by Gasteiger charge is -2.22. The van der Waals surface area contributed by atoms with Crippen LogP contribution in [0.5, 0.6) is 0 Å². The number of nitrogen functional groups attached to an aromatic ring is 1. The van der Waals surface area contributed by atoms with Crippen LogP contribution < -0.4 is 5.73 Å². The molecule has 1 aromatic carbocycles. The van der Waals surface area contributed by atoms with Crippen LogP contribution in [0.4, 0.5) is 5.69 Å². The summed E-state index contributed by atoms with van der Waals surface area (Å²) < 4.78 is 8.33. The zero-order chi connectivity index (χ0) is 20.4. The molecule has 1 fully saturated rings. The fraction of sp³-hybridized carbons (Fsp3) is 0.409. The van der Waals surface area contributed by atoms with Crippen LogP contribution in [0.3, 0.4) is 0 Å². The smallest absolute Gasteiger partial charge is 0.180 e. The van der Waals surface area contributed by atoms with Crippen molar-refractivity contribution in [1.29, 1.82) is 0 Å². The number of anilines is 1. The van der Waals surface area contributed by atoms with E-state index in [4.69, 9.17) is 15.5 Å². The van der Waals surface area contributed by atoms with E-state index in [-0.39, 0.29) is 18.1 Å². The lowest BCUT2D eigenvalue weighted by Crippen LogP contribution is -2.19. The number of hydrogen-bond donors (Lipinski definition) is 1. The SMILES string of the molecule is CC(C#Cc1nc2c(cnn2C2CCCCO2)nc1Br)C(C)c1ccc(N)cc1. The van der Waals surface area contributed by atoms with Crippen LogP contribution in [-0.4, -0.2) is 26.4 Å². The first-order chi connectivity index (χ1) is 14.0. The van der Waals surface area contributed by atoms with Crippen LogP contribution in [-0.2, 0) is 4.74 Å². The summed E-state index contributed by atoms with van der Waals surface area (Å²) in [5.74, 6) is 6.97. The number of ether oxygens (including phenoxy) is 1. The predicted molar refractivity (Wildman–Crippen MR) is 117 cm³/mol. The third-order valence-corrected chi connectivity index (χ3v) is 5.99. The standard InChI is InChI=1S/C22H24BrN5O/c1-14(15(2)16-7-9-17(24)10-8-16)6-11-18-21(23)26-19-13-25-28(22(19)27-18)20-5-3-4-12-29-20/h7-10,13-15,20H,3-5,12,24H2,1-2H3. The summed E-state index contributed by atoms with van der Waals surface area (Å²) in [6.07, 6.45) is 4.80. The quantitative estimate of drug-likeness (QED) is 0.460. The van der Waals surface area contributed by atoms with Gasteiger partial charge in [-0.05, 0) is 64.7 Å². The van der Waals surface area contributed by atoms with E-state index in [1.54, 1.807) is 6.20 Å². The van der Waals surface area contributed by atoms with Crippen molar-refractivity contribution >= 4 is 32.8 Å². The normalized spacial score (nSPS) is 18.8. The molecule has 3 heterocycles. The van der Waals surface area contributed by atoms with Gasteiger partial charge in [0.05, 0.1) is 6.20 Å². The maximum atomic E-state index is 5.86. The topological polar surface area (TPSA) is 78.8 Å². The molecule has 2 aromatic heterocycles. The molecule has 150 valence electrons. The second-order valence-electron chi connectivity index (χ2n) is 7.50. The summed E-state index contributed by atoms with van der Waals surface area (Å²) in [6.45, 7) is 5.04. The number of fused-ring (bicyclic) bond motifs is 1. The molecular weight excluding hydrogens is 430 g/mol. The number of hydrogen-bond acceptors (Lipinski definition) is 5. The van der Waals surface area contributed by atoms with Gasteiger partial charge in [-0.25, -0.2) is 14.6 Å². The Morgan fingerprint density at radius 3 is 2.72 bits per heavy atom. The Balaban J connectivity index is 1.60. The average molecular weight is 454 g/mol. The highest BCUT2D eigenvalue weighted by Gasteiger charge is 2.20. The van der Waals surface area contributed by atoms with Gasteiger partial charge in [0.25, 0.3) is 0 Å². The number of nitrogens with two attached hydrogens (primary N) is 1. The highest BCUT2D eigenvalue weighted by atomic mass is 79.9. The van der Waals surface area contributed by atoms with E-state index in [1.165, 1.54) is 5.56 Å². The van der Waals surface area contributed by atoms with Crippen LogP contribution in [0.25, 0.3) is 11.2 Å². The van der Waals surface area contributed by atoms with Crippen molar-refractivity contribution in [2.45, 2.75) is 45.3 Å². The van der Waals surface area contributed by atoms with Gasteiger partial charge in [0, 0.05) is 18.2 Å². The molecule has 0 amide bonds. The highest BCUT2D eigenvalue weighted by Crippen LogP contribution is 2.27. The molecule has 0 radical (unpaired) electrons. The first-order valence-corrected chi connectivity index (χ1v) is 10.7. The van der Waals surface area contributed by atoms with Crippen LogP contribution in [0.15, 0.2) is 35.1 Å². The average Bonchev–Trinajstić information content (AvgIpc) is 3.15. The molecule has 1 saturated heterocycles. The molecule has 7 heteroatoms. The van der Waals surface area contributed by atoms with Crippen molar-refractivity contribution in [2.24, 2.45) is 5.92 Å². The lowest BCUT2D eigenvalue weighted by atomic mass is 9.89. The second kappa shape index (κ2) is 8.52. The number of aromatic nitrogens is 4. The molecule has 3 unspecified atom stereocenters. The summed E-state index contributed by atoms with van der Waals surface area (Å²) in [5, 5.41) is 4.46. The molecular formula is C22H24BrN5O. The van der Waals surface area contributed by atoms with Gasteiger partial charge in [0.2, 0.25) is 0 Å². The minimum absolute atomic E-state index is 0.0815. The van der Waals surface area contributed by atoms with Crippen molar-refractivity contribution in [3.63, 3.8) is 0 Å². The highest BCUT2D eigenvalue weighted by molar-refractivity contribution is 9.10. The Morgan fingerprint density at radius 1 is 1.21 bits per heavy atom. The largest absolute Gasteiger partial charge is 0.399 e. The van der Waals surface area contributed by atoms with E-state index >= 15 is 0 Å². The first-order valence-electron chi connectivity index (χ1n) is 9.92. The molecule has 0 spiro atoms. The summed E-state index contributed by atoms with van der Waals surface area (Å²) in [7, 11) is 0. The molecule has 1 aliphatic rings. The molecule has 1 aliphatic heterocycles. The maximum absolute atomic E-state index is 5.86. The molecule has 3 aromatic rings. The third kappa shape index (κ3) is 4.29. The summed E-state index contributed by atoms with van der Waals surface area (Å²) in [6, 6.07) is 7.97. The Hall–Kier alpha value is -2.43. The summed E-state index contributed by atoms with van der Waals surface area (Å²) in [4.78, 5) is 9.33. The summed E-state index contributed by atoms with van der Waals surface area (Å²) in [5.41, 5.74) is 9.84. The van der Waals surface area contributed by atoms with E-state index in [2.05, 4.69) is 63.8 Å². The molecule has 0 saturated carbocycles. The number of rotatable bonds is 3. The van der Waals surface area contributed by atoms with Crippen molar-refractivity contribution < 1.29 is 4.74 Å². The first kappa shape index (κ1) is 19.9. The minimum Gasteiger partial charge on any atom is -0.399 e. The molecule has 6 nitrogen and oxygen atoms in total. The number of nitrogens with zero attached hydrogens (tertiary/aromatic N) is 4. The Bertz CT molecular complexity index is 1060. The van der Waals surface area contributed by atoms with E-state index in [1.807, 2.05) is 16.8 Å². The van der Waals surface area contributed by atoms with Gasteiger partial charge >= 0.3 is 0 Å². The van der Waals surface area contributed by atoms with E-state index in [0.29, 0.717) is 15.9 Å². The maximum Gasteiger partial charge on any atom is 0.180 e. The molecule has 4 rings (SSSR count). The fourth-order valence-electron chi connectivity index (χ4n) is 3.45. The second-order valence-corrected chi connectivity index (χ2v) is 8.25. The Labute approximate surface area is 179 Å². The van der Waals surface area contributed by atoms with Gasteiger partial charge in [0.1, 0.15) is 15.8 Å². The molecule has 0 bridgehead atoms. The van der Waals surface area contributed by atoms with Crippen molar-refractivity contribution in [3.8, 4) is 11.8 Å². The predicted octanol–water partition coefficient (Wildman–Crippen LogP) is 4.66. The Morgan fingerprint density at radius 2 is 2.00 bits per heavy atom. The van der Waals surface area contributed by atoms with E-state index in [9.17, 15) is 0 Å². The molecule has 2 N–H and O–H groups in total. The lowest BCUT2D eigenvalue weighted by molar-refractivity contribution is -0.0370. The van der Waals surface area contributed by atoms with Crippen molar-refractivity contribution in [3.05, 3.63) is 46.3 Å². The zero-order valence-corrected chi connectivity index (χ0v) is 18.2. The van der Waals surface area contributed by atoms with Crippen LogP contribution >= 0.6 is 15.9 Å². The van der Waals surface area contributed by atoms with Gasteiger partial charge in [-0.1, -0.05) is 31.9 Å². The van der Waals surface area contributed by atoms with Crippen molar-refractivity contribution in [1.82, 2.24) is 19.7 Å². The zero-order valence-electron chi connectivity index (χ0n) is 16.6. The molecule has 0 aliphatic carbocycles. The van der Waals surface area contributed by atoms with Gasteiger partial charge < -0.3 is 10.5 Å². The van der Waals surface area contributed by atoms with Crippen LogP contribution in [0, 0.1) is 17.8 Å². The van der Waals surface area contributed by atoms with E-state index in [0.717, 1.165) is 37.1 Å². The van der Waals surface area contributed by atoms with Gasteiger partial charge in [-0.2, -0.15) is 5.10 Å². The fourth-order valence-corrected chi connectivity index (χ4v) is 3.83. The van der Waals surface area contributed by atoms with Crippen molar-refractivity contribution in [2.75, 3.05) is 12.3 Å². The van der Waals surface area contributed by atoms with E-state index < -0.39 is 0 Å².